The van der Waals surface area contributed by atoms with Gasteiger partial charge in [-0.05, 0) is 59.9 Å². The van der Waals surface area contributed by atoms with E-state index in [9.17, 15) is 4.79 Å². The first-order chi connectivity index (χ1) is 12.4. The number of ether oxygens (including phenoxy) is 1. The zero-order chi connectivity index (χ0) is 18.5. The Morgan fingerprint density at radius 2 is 1.96 bits per heavy atom. The number of hydrazine groups is 1. The number of nitrogens with zero attached hydrogens (tertiary/aromatic N) is 3. The lowest BCUT2D eigenvalue weighted by molar-refractivity contribution is 0.129. The van der Waals surface area contributed by atoms with Crippen LogP contribution in [0.1, 0.15) is 38.2 Å². The second kappa shape index (κ2) is 6.69. The molecule has 6 nitrogen and oxygen atoms in total. The van der Waals surface area contributed by atoms with Crippen LogP contribution in [0.25, 0.3) is 0 Å². The first-order valence-corrected chi connectivity index (χ1v) is 10.2. The highest BCUT2D eigenvalue weighted by Gasteiger charge is 2.53. The third-order valence-electron chi connectivity index (χ3n) is 6.16. The molecule has 1 N–H and O–H groups in total. The second-order valence-electron chi connectivity index (χ2n) is 7.98. The number of nitrogens with one attached hydrogen (secondary N) is 1. The van der Waals surface area contributed by atoms with Crippen LogP contribution in [0.15, 0.2) is 16.6 Å². The molecule has 0 aromatic heterocycles. The lowest BCUT2D eigenvalue weighted by atomic mass is 9.81. The monoisotopic (exact) mass is 422 g/mol. The molecule has 7 heteroatoms. The van der Waals surface area contributed by atoms with Gasteiger partial charge in [0.2, 0.25) is 0 Å². The first kappa shape index (κ1) is 18.1. The molecule has 3 aliphatic rings. The molecule has 1 aromatic carbocycles. The smallest absolute Gasteiger partial charge is 0.409 e. The number of amides is 1. The molecular formula is C19H27BrN4O2. The van der Waals surface area contributed by atoms with Gasteiger partial charge in [-0.2, -0.15) is 0 Å². The van der Waals surface area contributed by atoms with Gasteiger partial charge in [-0.3, -0.25) is 10.3 Å². The minimum atomic E-state index is -0.407. The van der Waals surface area contributed by atoms with E-state index in [1.165, 1.54) is 17.7 Å². The quantitative estimate of drug-likeness (QED) is 0.791. The molecule has 4 rings (SSSR count). The third kappa shape index (κ3) is 2.90. The van der Waals surface area contributed by atoms with Gasteiger partial charge in [-0.25, -0.2) is 9.80 Å². The van der Waals surface area contributed by atoms with Crippen LogP contribution in [0.3, 0.4) is 0 Å². The van der Waals surface area contributed by atoms with Crippen molar-refractivity contribution in [2.24, 2.45) is 0 Å². The molecule has 1 amide bonds. The predicted molar refractivity (Wildman–Crippen MR) is 106 cm³/mol. The van der Waals surface area contributed by atoms with Crippen LogP contribution in [0.5, 0.6) is 5.75 Å². The lowest BCUT2D eigenvalue weighted by Crippen LogP contribution is -2.46. The Hall–Kier alpha value is -1.31. The van der Waals surface area contributed by atoms with Crippen LogP contribution in [0.2, 0.25) is 0 Å². The molecule has 142 valence electrons. The number of hydrogen-bond acceptors (Lipinski definition) is 5. The van der Waals surface area contributed by atoms with Gasteiger partial charge in [-0.15, -0.1) is 0 Å². The standard InChI is InChI=1S/C19H27BrN4O2/c1-19-7-10-22(2)17(19)23(3)16-14(19)11-13(12-15(16)20)26-18(25)21-24-8-5-4-6-9-24/h11-12,17H,4-10H2,1-3H3,(H,21,25)/t17?,19-/m0/s1. The predicted octanol–water partition coefficient (Wildman–Crippen LogP) is 3.31. The van der Waals surface area contributed by atoms with Crippen LogP contribution in [0.4, 0.5) is 10.5 Å². The molecule has 1 unspecified atom stereocenters. The molecule has 3 aliphatic heterocycles. The van der Waals surface area contributed by atoms with Crippen molar-refractivity contribution in [3.63, 3.8) is 0 Å². The van der Waals surface area contributed by atoms with Crippen molar-refractivity contribution < 1.29 is 9.53 Å². The SMILES string of the molecule is CN1CC[C@@]2(C)c3cc(OC(=O)NN4CCCCC4)cc(Br)c3N(C)C12. The van der Waals surface area contributed by atoms with Crippen molar-refractivity contribution in [2.45, 2.75) is 44.2 Å². The number of anilines is 1. The minimum Gasteiger partial charge on any atom is -0.409 e. The highest BCUT2D eigenvalue weighted by molar-refractivity contribution is 9.10. The van der Waals surface area contributed by atoms with Gasteiger partial charge in [0.25, 0.3) is 0 Å². The highest BCUT2D eigenvalue weighted by Crippen LogP contribution is 2.54. The van der Waals surface area contributed by atoms with Crippen molar-refractivity contribution in [3.05, 3.63) is 22.2 Å². The third-order valence-corrected chi connectivity index (χ3v) is 6.76. The molecule has 26 heavy (non-hydrogen) atoms. The fourth-order valence-electron chi connectivity index (χ4n) is 4.96. The Kier molecular flexibility index (Phi) is 4.65. The van der Waals surface area contributed by atoms with Crippen LogP contribution >= 0.6 is 15.9 Å². The summed E-state index contributed by atoms with van der Waals surface area (Å²) in [6.45, 7) is 5.16. The van der Waals surface area contributed by atoms with E-state index in [1.54, 1.807) is 0 Å². The first-order valence-electron chi connectivity index (χ1n) is 9.41. The number of benzene rings is 1. The van der Waals surface area contributed by atoms with E-state index in [1.807, 2.05) is 17.1 Å². The second-order valence-corrected chi connectivity index (χ2v) is 8.84. The van der Waals surface area contributed by atoms with Gasteiger partial charge in [-0.1, -0.05) is 13.3 Å². The maximum absolute atomic E-state index is 12.3. The number of carbonyl (C=O) groups is 1. The Balaban J connectivity index is 1.56. The molecule has 3 heterocycles. The topological polar surface area (TPSA) is 48.1 Å². The molecule has 2 fully saturated rings. The van der Waals surface area contributed by atoms with Crippen molar-refractivity contribution in [1.82, 2.24) is 15.3 Å². The van der Waals surface area contributed by atoms with Crippen LogP contribution in [0, 0.1) is 0 Å². The van der Waals surface area contributed by atoms with E-state index in [4.69, 9.17) is 4.74 Å². The van der Waals surface area contributed by atoms with Crippen molar-refractivity contribution >= 4 is 27.7 Å². The Morgan fingerprint density at radius 3 is 2.69 bits per heavy atom. The molecule has 1 aromatic rings. The zero-order valence-corrected chi connectivity index (χ0v) is 17.3. The fraction of sp³-hybridized carbons (Fsp3) is 0.632. The summed E-state index contributed by atoms with van der Waals surface area (Å²) in [5, 5.41) is 1.95. The average molecular weight is 423 g/mol. The Bertz CT molecular complexity index is 722. The van der Waals surface area contributed by atoms with E-state index in [0.717, 1.165) is 43.4 Å². The summed E-state index contributed by atoms with van der Waals surface area (Å²) in [6.07, 6.45) is 4.49. The number of rotatable bonds is 2. The number of likely N-dealkylation sites (N-methyl/N-ethyl adjacent to an activating group) is 2. The number of likely N-dealkylation sites (tertiary alicyclic amines) is 1. The van der Waals surface area contributed by atoms with Gasteiger partial charge in [0, 0.05) is 36.6 Å². The number of piperidine rings is 1. The zero-order valence-electron chi connectivity index (χ0n) is 15.7. The largest absolute Gasteiger partial charge is 0.427 e. The molecule has 2 saturated heterocycles. The van der Waals surface area contributed by atoms with E-state index >= 15 is 0 Å². The van der Waals surface area contributed by atoms with Crippen molar-refractivity contribution in [1.29, 1.82) is 0 Å². The van der Waals surface area contributed by atoms with Crippen LogP contribution < -0.4 is 15.1 Å². The molecule has 0 bridgehead atoms. The number of fused-ring (bicyclic) bond motifs is 3. The minimum absolute atomic E-state index is 0.0457. The molecule has 0 saturated carbocycles. The van der Waals surface area contributed by atoms with Gasteiger partial charge < -0.3 is 9.64 Å². The maximum Gasteiger partial charge on any atom is 0.427 e. The van der Waals surface area contributed by atoms with Gasteiger partial charge in [0.1, 0.15) is 5.75 Å². The van der Waals surface area contributed by atoms with Crippen LogP contribution in [-0.4, -0.2) is 55.9 Å². The van der Waals surface area contributed by atoms with E-state index < -0.39 is 6.09 Å². The van der Waals surface area contributed by atoms with E-state index in [2.05, 4.69) is 52.2 Å². The molecular weight excluding hydrogens is 396 g/mol. The number of carbonyl (C=O) groups excluding carboxylic acids is 1. The maximum atomic E-state index is 12.3. The molecule has 0 spiro atoms. The normalized spacial score (nSPS) is 28.8. The average Bonchev–Trinajstić information content (AvgIpc) is 3.01. The number of hydrogen-bond donors (Lipinski definition) is 1. The van der Waals surface area contributed by atoms with Crippen molar-refractivity contribution in [2.75, 3.05) is 38.6 Å². The summed E-state index contributed by atoms with van der Waals surface area (Å²) in [6, 6.07) is 3.95. The van der Waals surface area contributed by atoms with E-state index in [0.29, 0.717) is 11.9 Å². The summed E-state index contributed by atoms with van der Waals surface area (Å²) < 4.78 is 6.60. The molecule has 0 aliphatic carbocycles. The lowest BCUT2D eigenvalue weighted by Gasteiger charge is -2.32. The molecule has 2 atom stereocenters. The summed E-state index contributed by atoms with van der Waals surface area (Å²) >= 11 is 3.70. The summed E-state index contributed by atoms with van der Waals surface area (Å²) in [5.74, 6) is 0.593. The highest BCUT2D eigenvalue weighted by atomic mass is 79.9. The van der Waals surface area contributed by atoms with Crippen molar-refractivity contribution in [3.8, 4) is 5.75 Å². The van der Waals surface area contributed by atoms with Gasteiger partial charge in [0.15, 0.2) is 0 Å². The summed E-state index contributed by atoms with van der Waals surface area (Å²) in [7, 11) is 4.32. The summed E-state index contributed by atoms with van der Waals surface area (Å²) in [4.78, 5) is 17.0. The summed E-state index contributed by atoms with van der Waals surface area (Å²) in [5.41, 5.74) is 5.37. The Labute approximate surface area is 163 Å². The fourth-order valence-corrected chi connectivity index (χ4v) is 5.68. The van der Waals surface area contributed by atoms with E-state index in [-0.39, 0.29) is 5.41 Å². The Morgan fingerprint density at radius 1 is 1.23 bits per heavy atom. The van der Waals surface area contributed by atoms with Gasteiger partial charge >= 0.3 is 6.09 Å². The molecule has 0 radical (unpaired) electrons. The van der Waals surface area contributed by atoms with Gasteiger partial charge in [0.05, 0.1) is 11.9 Å². The van der Waals surface area contributed by atoms with Crippen LogP contribution in [-0.2, 0) is 5.41 Å². The number of halogens is 1.